The van der Waals surface area contributed by atoms with Gasteiger partial charge in [0.1, 0.15) is 24.7 Å². The van der Waals surface area contributed by atoms with Crippen molar-refractivity contribution in [2.24, 2.45) is 0 Å². The van der Waals surface area contributed by atoms with E-state index in [-0.39, 0.29) is 72.2 Å². The summed E-state index contributed by atoms with van der Waals surface area (Å²) >= 11 is 0. The Hall–Kier alpha value is -5.36. The van der Waals surface area contributed by atoms with E-state index in [2.05, 4.69) is 10.6 Å². The summed E-state index contributed by atoms with van der Waals surface area (Å²) in [5.74, 6) is 0.0620. The average molecular weight is 643 g/mol. The van der Waals surface area contributed by atoms with Crippen LogP contribution in [-0.4, -0.2) is 107 Å². The van der Waals surface area contributed by atoms with Crippen molar-refractivity contribution in [3.63, 3.8) is 0 Å². The van der Waals surface area contributed by atoms with Gasteiger partial charge in [-0.3, -0.25) is 29.8 Å². The Morgan fingerprint density at radius 2 is 1.07 bits per heavy atom. The molecule has 4 fully saturated rings. The van der Waals surface area contributed by atoms with Crippen molar-refractivity contribution in [3.05, 3.63) is 68.8 Å². The van der Waals surface area contributed by atoms with Crippen molar-refractivity contribution >= 4 is 35.4 Å². The van der Waals surface area contributed by atoms with Crippen LogP contribution in [0.1, 0.15) is 12.8 Å². The van der Waals surface area contributed by atoms with Crippen LogP contribution in [0, 0.1) is 20.2 Å². The molecule has 2 N–H and O–H groups in total. The van der Waals surface area contributed by atoms with Gasteiger partial charge in [0.25, 0.3) is 11.4 Å². The third kappa shape index (κ3) is 8.02. The van der Waals surface area contributed by atoms with Crippen LogP contribution in [0.5, 0.6) is 11.5 Å². The number of nitro groups is 2. The van der Waals surface area contributed by atoms with Gasteiger partial charge in [-0.2, -0.15) is 0 Å². The second-order valence-electron chi connectivity index (χ2n) is 10.8. The minimum absolute atomic E-state index is 0.0500. The highest BCUT2D eigenvalue weighted by Crippen LogP contribution is 2.23. The summed E-state index contributed by atoms with van der Waals surface area (Å²) in [6.45, 7) is 1.64. The van der Waals surface area contributed by atoms with Gasteiger partial charge in [-0.05, 0) is 37.1 Å². The van der Waals surface area contributed by atoms with Gasteiger partial charge in [0.05, 0.1) is 34.1 Å². The second-order valence-corrected chi connectivity index (χ2v) is 10.8. The number of ether oxygens (including phenoxy) is 4. The molecule has 0 aromatic heterocycles. The number of amides is 4. The zero-order valence-electron chi connectivity index (χ0n) is 24.3. The number of nitrogens with one attached hydrogen (secondary N) is 2. The number of non-ortho nitro benzene ring substituents is 2. The molecule has 4 heterocycles. The number of carbonyl (C=O) groups is 4. The summed E-state index contributed by atoms with van der Waals surface area (Å²) in [7, 11) is 0. The van der Waals surface area contributed by atoms with E-state index in [0.29, 0.717) is 39.0 Å². The minimum atomic E-state index is -0.558. The van der Waals surface area contributed by atoms with E-state index in [9.17, 15) is 39.4 Å². The van der Waals surface area contributed by atoms with Gasteiger partial charge >= 0.3 is 12.2 Å². The van der Waals surface area contributed by atoms with Crippen LogP contribution in [0.25, 0.3) is 0 Å². The van der Waals surface area contributed by atoms with Crippen LogP contribution in [0.15, 0.2) is 48.5 Å². The summed E-state index contributed by atoms with van der Waals surface area (Å²) in [5, 5.41) is 26.8. The van der Waals surface area contributed by atoms with E-state index in [1.165, 1.54) is 58.3 Å². The van der Waals surface area contributed by atoms with Gasteiger partial charge in [0, 0.05) is 50.4 Å². The molecule has 0 saturated carbocycles. The Labute approximate surface area is 260 Å². The van der Waals surface area contributed by atoms with Crippen LogP contribution in [-0.2, 0) is 19.1 Å². The molecule has 4 amide bonds. The number of rotatable bonds is 4. The molecule has 46 heavy (non-hydrogen) atoms. The second kappa shape index (κ2) is 14.2. The molecule has 2 aromatic carbocycles. The van der Waals surface area contributed by atoms with E-state index in [0.717, 1.165) is 0 Å². The molecule has 2 aromatic rings. The fourth-order valence-electron chi connectivity index (χ4n) is 5.33. The standard InChI is InChI=1S/2C14H15N3O6/c2*18-13-8-22-12-5-6-16(7-11(12)15-13)14(19)23-10-3-1-9(2-4-10)17(20)21/h2*1-4,11-12H,5-8H2,(H,15,18)/t2*11-,12+/m10/s1. The highest BCUT2D eigenvalue weighted by molar-refractivity contribution is 5.79. The Balaban J connectivity index is 0.000000181. The molecule has 244 valence electrons. The van der Waals surface area contributed by atoms with E-state index in [1.54, 1.807) is 0 Å². The summed E-state index contributed by atoms with van der Waals surface area (Å²) in [6, 6.07) is 10.1. The summed E-state index contributed by atoms with van der Waals surface area (Å²) in [6.07, 6.45) is -0.0674. The third-order valence-corrected chi connectivity index (χ3v) is 7.67. The van der Waals surface area contributed by atoms with Gasteiger partial charge in [0.2, 0.25) is 11.8 Å². The van der Waals surface area contributed by atoms with Crippen LogP contribution in [0.2, 0.25) is 0 Å². The summed E-state index contributed by atoms with van der Waals surface area (Å²) in [5.41, 5.74) is -0.152. The Kier molecular flexibility index (Phi) is 9.87. The molecule has 0 unspecified atom stereocenters. The largest absolute Gasteiger partial charge is 0.415 e. The van der Waals surface area contributed by atoms with Crippen LogP contribution >= 0.6 is 0 Å². The third-order valence-electron chi connectivity index (χ3n) is 7.67. The fraction of sp³-hybridized carbons (Fsp3) is 0.429. The first-order valence-corrected chi connectivity index (χ1v) is 14.3. The number of carbonyl (C=O) groups excluding carboxylic acids is 4. The van der Waals surface area contributed by atoms with Gasteiger partial charge in [-0.25, -0.2) is 9.59 Å². The quantitative estimate of drug-likeness (QED) is 0.356. The number of piperidine rings is 2. The topological polar surface area (TPSA) is 222 Å². The number of likely N-dealkylation sites (tertiary alicyclic amines) is 2. The Morgan fingerprint density at radius 3 is 1.41 bits per heavy atom. The summed E-state index contributed by atoms with van der Waals surface area (Å²) in [4.78, 5) is 70.1. The Morgan fingerprint density at radius 1 is 0.696 bits per heavy atom. The molecule has 0 aliphatic carbocycles. The molecular weight excluding hydrogens is 612 g/mol. The van der Waals surface area contributed by atoms with E-state index in [4.69, 9.17) is 18.9 Å². The SMILES string of the molecule is O=C1CO[C@@H]2CCN(C(=O)Oc3ccc([N+](=O)[O-])cc3)C[C@@H]2N1.O=C1CO[C@H]2CCN(C(=O)Oc3ccc([N+](=O)[O-])cc3)C[C@H]2N1. The number of hydrogen-bond acceptors (Lipinski definition) is 12. The lowest BCUT2D eigenvalue weighted by atomic mass is 10.0. The van der Waals surface area contributed by atoms with Crippen molar-refractivity contribution in [2.45, 2.75) is 37.1 Å². The predicted molar refractivity (Wildman–Crippen MR) is 154 cm³/mol. The maximum absolute atomic E-state index is 12.2. The fourth-order valence-corrected chi connectivity index (χ4v) is 5.33. The predicted octanol–water partition coefficient (Wildman–Crippen LogP) is 1.37. The maximum Gasteiger partial charge on any atom is 0.415 e. The molecular formula is C28H30N6O12. The average Bonchev–Trinajstić information content (AvgIpc) is 3.04. The number of fused-ring (bicyclic) bond motifs is 2. The van der Waals surface area contributed by atoms with Crippen molar-refractivity contribution in [1.82, 2.24) is 20.4 Å². The monoisotopic (exact) mass is 642 g/mol. The molecule has 6 rings (SSSR count). The molecule has 4 aliphatic heterocycles. The smallest absolute Gasteiger partial charge is 0.410 e. The Bertz CT molecular complexity index is 1380. The van der Waals surface area contributed by atoms with Gasteiger partial charge in [-0.1, -0.05) is 0 Å². The number of nitrogens with zero attached hydrogens (tertiary/aromatic N) is 4. The first-order chi connectivity index (χ1) is 22.0. The zero-order chi connectivity index (χ0) is 32.8. The number of morpholine rings is 2. The summed E-state index contributed by atoms with van der Waals surface area (Å²) < 4.78 is 21.3. The molecule has 0 bridgehead atoms. The lowest BCUT2D eigenvalue weighted by Crippen LogP contribution is -2.61. The molecule has 4 aliphatic rings. The highest BCUT2D eigenvalue weighted by atomic mass is 16.6. The number of hydrogen-bond donors (Lipinski definition) is 2. The van der Waals surface area contributed by atoms with Crippen LogP contribution in [0.4, 0.5) is 21.0 Å². The first kappa shape index (κ1) is 32.0. The van der Waals surface area contributed by atoms with Crippen molar-refractivity contribution in [2.75, 3.05) is 39.4 Å². The highest BCUT2D eigenvalue weighted by Gasteiger charge is 2.38. The van der Waals surface area contributed by atoms with Crippen LogP contribution < -0.4 is 20.1 Å². The minimum Gasteiger partial charge on any atom is -0.410 e. The molecule has 18 heteroatoms. The molecule has 4 saturated heterocycles. The van der Waals surface area contributed by atoms with Crippen molar-refractivity contribution in [1.29, 1.82) is 0 Å². The van der Waals surface area contributed by atoms with Crippen molar-refractivity contribution < 1.29 is 48.0 Å². The van der Waals surface area contributed by atoms with Gasteiger partial charge < -0.3 is 39.4 Å². The van der Waals surface area contributed by atoms with E-state index in [1.807, 2.05) is 0 Å². The van der Waals surface area contributed by atoms with E-state index < -0.39 is 22.0 Å². The molecule has 18 nitrogen and oxygen atoms in total. The van der Waals surface area contributed by atoms with Crippen molar-refractivity contribution in [3.8, 4) is 11.5 Å². The first-order valence-electron chi connectivity index (χ1n) is 14.3. The van der Waals surface area contributed by atoms with Gasteiger partial charge in [-0.15, -0.1) is 0 Å². The molecule has 0 radical (unpaired) electrons. The maximum atomic E-state index is 12.2. The molecule has 0 spiro atoms. The number of nitro benzene ring substituents is 2. The molecule has 4 atom stereocenters. The zero-order valence-corrected chi connectivity index (χ0v) is 24.3. The van der Waals surface area contributed by atoms with Crippen LogP contribution in [0.3, 0.4) is 0 Å². The van der Waals surface area contributed by atoms with Gasteiger partial charge in [0.15, 0.2) is 0 Å². The van der Waals surface area contributed by atoms with E-state index >= 15 is 0 Å². The normalized spacial score (nSPS) is 23.7. The number of benzene rings is 2. The lowest BCUT2D eigenvalue weighted by molar-refractivity contribution is -0.385. The lowest BCUT2D eigenvalue weighted by Gasteiger charge is -2.40.